The number of carbonyl (C=O) groups excluding carboxylic acids is 1. The lowest BCUT2D eigenvalue weighted by Gasteiger charge is -2.13. The van der Waals surface area contributed by atoms with Crippen molar-refractivity contribution < 1.29 is 9.53 Å². The Bertz CT molecular complexity index is 936. The smallest absolute Gasteiger partial charge is 0.255 e. The van der Waals surface area contributed by atoms with Crippen LogP contribution in [0.25, 0.3) is 10.2 Å². The van der Waals surface area contributed by atoms with Gasteiger partial charge in [-0.25, -0.2) is 10.8 Å². The highest BCUT2D eigenvalue weighted by Gasteiger charge is 2.15. The van der Waals surface area contributed by atoms with E-state index in [4.69, 9.17) is 10.6 Å². The topological polar surface area (TPSA) is 89.3 Å². The Morgan fingerprint density at radius 2 is 2.12 bits per heavy atom. The summed E-state index contributed by atoms with van der Waals surface area (Å²) < 4.78 is 6.46. The van der Waals surface area contributed by atoms with Gasteiger partial charge in [0.15, 0.2) is 5.13 Å². The van der Waals surface area contributed by atoms with Crippen LogP contribution in [0.4, 0.5) is 10.8 Å². The number of aryl methyl sites for hydroxylation is 2. The molecule has 1 heterocycles. The number of hydrogen-bond donors (Lipinski definition) is 3. The number of ether oxygens (including phenoxy) is 1. The van der Waals surface area contributed by atoms with E-state index in [0.717, 1.165) is 27.0 Å². The molecular weight excluding hydrogens is 336 g/mol. The molecule has 1 aromatic heterocycles. The first-order valence-electron chi connectivity index (χ1n) is 7.95. The molecule has 4 N–H and O–H groups in total. The number of fused-ring (bicyclic) bond motifs is 1. The van der Waals surface area contributed by atoms with E-state index in [1.54, 1.807) is 12.1 Å². The van der Waals surface area contributed by atoms with Crippen molar-refractivity contribution in [3.8, 4) is 5.75 Å². The van der Waals surface area contributed by atoms with Gasteiger partial charge in [0, 0.05) is 11.3 Å². The number of hydrogen-bond acceptors (Lipinski definition) is 6. The highest BCUT2D eigenvalue weighted by molar-refractivity contribution is 7.22. The van der Waals surface area contributed by atoms with Gasteiger partial charge in [-0.2, -0.15) is 0 Å². The average molecular weight is 356 g/mol. The number of amides is 1. The summed E-state index contributed by atoms with van der Waals surface area (Å²) in [6.45, 7) is 6.39. The van der Waals surface area contributed by atoms with E-state index in [1.807, 2.05) is 39.0 Å². The molecule has 0 atom stereocenters. The Hall–Kier alpha value is -2.64. The van der Waals surface area contributed by atoms with E-state index in [1.165, 1.54) is 11.3 Å². The zero-order valence-electron chi connectivity index (χ0n) is 14.3. The minimum atomic E-state index is -0.172. The number of nitrogens with two attached hydrogens (primary N) is 1. The van der Waals surface area contributed by atoms with E-state index >= 15 is 0 Å². The van der Waals surface area contributed by atoms with Crippen molar-refractivity contribution in [3.05, 3.63) is 47.0 Å². The second-order valence-corrected chi connectivity index (χ2v) is 6.62. The van der Waals surface area contributed by atoms with Gasteiger partial charge in [0.2, 0.25) is 0 Å². The lowest BCUT2D eigenvalue weighted by atomic mass is 10.1. The predicted molar refractivity (Wildman–Crippen MR) is 102 cm³/mol. The molecule has 0 saturated heterocycles. The summed E-state index contributed by atoms with van der Waals surface area (Å²) in [4.78, 5) is 17.1. The van der Waals surface area contributed by atoms with Crippen LogP contribution in [0.2, 0.25) is 0 Å². The molecule has 130 valence electrons. The summed E-state index contributed by atoms with van der Waals surface area (Å²) in [5, 5.41) is 3.66. The number of thiazole rings is 1. The first kappa shape index (κ1) is 17.2. The fourth-order valence-corrected chi connectivity index (χ4v) is 3.58. The largest absolute Gasteiger partial charge is 0.494 e. The molecule has 0 fully saturated rings. The third-order valence-corrected chi connectivity index (χ3v) is 5.01. The van der Waals surface area contributed by atoms with Gasteiger partial charge in [-0.3, -0.25) is 10.2 Å². The zero-order valence-corrected chi connectivity index (χ0v) is 15.2. The third kappa shape index (κ3) is 3.42. The molecule has 2 aromatic carbocycles. The molecule has 1 amide bonds. The van der Waals surface area contributed by atoms with Gasteiger partial charge in [0.1, 0.15) is 5.75 Å². The van der Waals surface area contributed by atoms with Crippen LogP contribution in [0.3, 0.4) is 0 Å². The molecule has 0 spiro atoms. The van der Waals surface area contributed by atoms with Gasteiger partial charge in [-0.1, -0.05) is 17.4 Å². The second kappa shape index (κ2) is 7.08. The third-order valence-electron chi connectivity index (χ3n) is 3.89. The van der Waals surface area contributed by atoms with Crippen molar-refractivity contribution in [2.45, 2.75) is 20.8 Å². The summed E-state index contributed by atoms with van der Waals surface area (Å²) in [5.41, 5.74) is 6.72. The molecule has 0 unspecified atom stereocenters. The van der Waals surface area contributed by atoms with Crippen LogP contribution >= 0.6 is 11.3 Å². The fourth-order valence-electron chi connectivity index (χ4n) is 2.72. The molecule has 0 radical (unpaired) electrons. The molecule has 0 bridgehead atoms. The highest BCUT2D eigenvalue weighted by atomic mass is 32.1. The number of nitrogens with zero attached hydrogens (tertiary/aromatic N) is 1. The van der Waals surface area contributed by atoms with E-state index < -0.39 is 0 Å². The normalized spacial score (nSPS) is 10.7. The van der Waals surface area contributed by atoms with E-state index in [9.17, 15) is 4.79 Å². The quantitative estimate of drug-likeness (QED) is 0.477. The van der Waals surface area contributed by atoms with Gasteiger partial charge in [-0.15, -0.1) is 0 Å². The molecule has 3 aromatic rings. The van der Waals surface area contributed by atoms with Crippen molar-refractivity contribution in [1.82, 2.24) is 4.98 Å². The van der Waals surface area contributed by atoms with Gasteiger partial charge in [-0.05, 0) is 56.2 Å². The van der Waals surface area contributed by atoms with Crippen molar-refractivity contribution in [2.24, 2.45) is 5.84 Å². The van der Waals surface area contributed by atoms with Crippen molar-refractivity contribution in [2.75, 3.05) is 17.3 Å². The first-order valence-corrected chi connectivity index (χ1v) is 8.76. The summed E-state index contributed by atoms with van der Waals surface area (Å²) in [7, 11) is 0. The maximum Gasteiger partial charge on any atom is 0.255 e. The average Bonchev–Trinajstić information content (AvgIpc) is 3.02. The number of rotatable bonds is 5. The SMILES string of the molecule is CCOc1cccc(C(=O)Nc2c(C)cc3nc(NN)sc3c2C)c1. The van der Waals surface area contributed by atoms with Crippen LogP contribution in [0, 0.1) is 13.8 Å². The second-order valence-electron chi connectivity index (χ2n) is 5.62. The molecule has 7 heteroatoms. The number of hydrazine groups is 1. The Labute approximate surface area is 150 Å². The minimum Gasteiger partial charge on any atom is -0.494 e. The maximum absolute atomic E-state index is 12.7. The molecule has 3 rings (SSSR count). The van der Waals surface area contributed by atoms with Gasteiger partial charge in [0.05, 0.1) is 16.8 Å². The number of anilines is 2. The number of benzene rings is 2. The Morgan fingerprint density at radius 3 is 2.84 bits per heavy atom. The lowest BCUT2D eigenvalue weighted by Crippen LogP contribution is -2.14. The van der Waals surface area contributed by atoms with Crippen LogP contribution in [0.1, 0.15) is 28.4 Å². The first-order chi connectivity index (χ1) is 12.0. The Morgan fingerprint density at radius 1 is 1.32 bits per heavy atom. The highest BCUT2D eigenvalue weighted by Crippen LogP contribution is 2.35. The lowest BCUT2D eigenvalue weighted by molar-refractivity contribution is 0.102. The Kier molecular flexibility index (Phi) is 4.87. The van der Waals surface area contributed by atoms with Crippen LogP contribution < -0.4 is 21.3 Å². The molecule has 0 aliphatic rings. The van der Waals surface area contributed by atoms with Gasteiger partial charge in [0.25, 0.3) is 5.91 Å². The van der Waals surface area contributed by atoms with E-state index in [0.29, 0.717) is 23.1 Å². The van der Waals surface area contributed by atoms with Crippen molar-refractivity contribution >= 4 is 38.3 Å². The molecule has 6 nitrogen and oxygen atoms in total. The van der Waals surface area contributed by atoms with Gasteiger partial charge < -0.3 is 10.1 Å². The Balaban J connectivity index is 1.94. The molecule has 0 saturated carbocycles. The molecule has 0 aliphatic heterocycles. The minimum absolute atomic E-state index is 0.172. The van der Waals surface area contributed by atoms with Crippen molar-refractivity contribution in [3.63, 3.8) is 0 Å². The van der Waals surface area contributed by atoms with Crippen LogP contribution in [0.15, 0.2) is 30.3 Å². The van der Waals surface area contributed by atoms with E-state index in [-0.39, 0.29) is 5.91 Å². The summed E-state index contributed by atoms with van der Waals surface area (Å²) >= 11 is 1.46. The van der Waals surface area contributed by atoms with Gasteiger partial charge >= 0.3 is 0 Å². The number of nitrogen functional groups attached to an aromatic ring is 1. The van der Waals surface area contributed by atoms with Crippen LogP contribution in [-0.2, 0) is 0 Å². The zero-order chi connectivity index (χ0) is 18.0. The molecule has 0 aliphatic carbocycles. The molecule has 25 heavy (non-hydrogen) atoms. The fraction of sp³-hybridized carbons (Fsp3) is 0.222. The predicted octanol–water partition coefficient (Wildman–Crippen LogP) is 3.85. The number of nitrogens with one attached hydrogen (secondary N) is 2. The maximum atomic E-state index is 12.7. The van der Waals surface area contributed by atoms with Crippen molar-refractivity contribution in [1.29, 1.82) is 0 Å². The summed E-state index contributed by atoms with van der Waals surface area (Å²) in [6.07, 6.45) is 0. The van der Waals surface area contributed by atoms with Crippen LogP contribution in [-0.4, -0.2) is 17.5 Å². The van der Waals surface area contributed by atoms with E-state index in [2.05, 4.69) is 15.7 Å². The standard InChI is InChI=1S/C18H20N4O2S/c1-4-24-13-7-5-6-12(9-13)17(23)21-15-10(2)8-14-16(11(15)3)25-18(20-14)22-19/h5-9H,4,19H2,1-3H3,(H,20,22)(H,21,23). The summed E-state index contributed by atoms with van der Waals surface area (Å²) in [5.74, 6) is 5.96. The summed E-state index contributed by atoms with van der Waals surface area (Å²) in [6, 6.07) is 9.11. The number of carbonyl (C=O) groups is 1. The monoisotopic (exact) mass is 356 g/mol. The van der Waals surface area contributed by atoms with Crippen LogP contribution in [0.5, 0.6) is 5.75 Å². The molecular formula is C18H20N4O2S. The number of aromatic nitrogens is 1.